The third-order valence-corrected chi connectivity index (χ3v) is 5.90. The molecule has 0 atom stereocenters. The zero-order chi connectivity index (χ0) is 22.7. The highest BCUT2D eigenvalue weighted by Gasteiger charge is 2.35. The van der Waals surface area contributed by atoms with Crippen LogP contribution in [0.25, 0.3) is 0 Å². The van der Waals surface area contributed by atoms with Crippen LogP contribution in [0.2, 0.25) is 0 Å². The molecule has 1 heterocycles. The molecule has 0 unspecified atom stereocenters. The molecule has 3 aromatic rings. The summed E-state index contributed by atoms with van der Waals surface area (Å²) in [4.78, 5) is 8.06. The Morgan fingerprint density at radius 1 is 0.938 bits per heavy atom. The predicted molar refractivity (Wildman–Crippen MR) is 122 cm³/mol. The Kier molecular flexibility index (Phi) is 6.35. The predicted octanol–water partition coefficient (Wildman–Crippen LogP) is 7.76. The first-order chi connectivity index (χ1) is 15.3. The molecule has 1 saturated carbocycles. The number of aromatic nitrogens is 2. The van der Waals surface area contributed by atoms with E-state index in [2.05, 4.69) is 34.4 Å². The van der Waals surface area contributed by atoms with Crippen LogP contribution in [0.15, 0.2) is 54.7 Å². The second-order valence-electron chi connectivity index (χ2n) is 8.59. The van der Waals surface area contributed by atoms with Crippen LogP contribution >= 0.6 is 0 Å². The number of hydrogen-bond donors (Lipinski definition) is 2. The van der Waals surface area contributed by atoms with Crippen molar-refractivity contribution in [1.82, 2.24) is 9.97 Å². The minimum atomic E-state index is -4.57. The van der Waals surface area contributed by atoms with E-state index >= 15 is 0 Å². The fourth-order valence-corrected chi connectivity index (χ4v) is 4.09. The molecular formula is C25H27F3N4. The molecule has 0 radical (unpaired) electrons. The van der Waals surface area contributed by atoms with Crippen molar-refractivity contribution in [1.29, 1.82) is 0 Å². The van der Waals surface area contributed by atoms with Crippen molar-refractivity contribution in [2.45, 2.75) is 57.5 Å². The van der Waals surface area contributed by atoms with Crippen molar-refractivity contribution in [3.63, 3.8) is 0 Å². The molecule has 0 bridgehead atoms. The van der Waals surface area contributed by atoms with Crippen molar-refractivity contribution in [3.05, 3.63) is 71.4 Å². The number of nitrogens with one attached hydrogen (secondary N) is 2. The van der Waals surface area contributed by atoms with Crippen molar-refractivity contribution in [2.24, 2.45) is 0 Å². The SMILES string of the molecule is CC(C)c1ccc(Nc2ncc(C(F)(F)F)c(Nc3cccc(C4CCCC4)c3)n2)cc1. The molecule has 0 amide bonds. The maximum Gasteiger partial charge on any atom is 0.421 e. The van der Waals surface area contributed by atoms with Gasteiger partial charge in [-0.1, -0.05) is 51.0 Å². The van der Waals surface area contributed by atoms with E-state index in [9.17, 15) is 13.2 Å². The monoisotopic (exact) mass is 440 g/mol. The van der Waals surface area contributed by atoms with E-state index in [-0.39, 0.29) is 11.8 Å². The highest BCUT2D eigenvalue weighted by Crippen LogP contribution is 2.37. The van der Waals surface area contributed by atoms with Crippen molar-refractivity contribution in [2.75, 3.05) is 10.6 Å². The lowest BCUT2D eigenvalue weighted by Gasteiger charge is -2.16. The summed E-state index contributed by atoms with van der Waals surface area (Å²) in [7, 11) is 0. The quantitative estimate of drug-likeness (QED) is 0.411. The van der Waals surface area contributed by atoms with Gasteiger partial charge in [-0.15, -0.1) is 0 Å². The molecule has 4 nitrogen and oxygen atoms in total. The molecule has 1 aliphatic rings. The Morgan fingerprint density at radius 3 is 2.31 bits per heavy atom. The second-order valence-corrected chi connectivity index (χ2v) is 8.59. The van der Waals surface area contributed by atoms with Gasteiger partial charge in [-0.2, -0.15) is 18.2 Å². The Balaban J connectivity index is 1.60. The molecule has 4 rings (SSSR count). The van der Waals surface area contributed by atoms with E-state index < -0.39 is 11.7 Å². The summed E-state index contributed by atoms with van der Waals surface area (Å²) in [6, 6.07) is 15.3. The Morgan fingerprint density at radius 2 is 1.66 bits per heavy atom. The molecule has 32 heavy (non-hydrogen) atoms. The molecule has 1 aliphatic carbocycles. The molecule has 168 valence electrons. The van der Waals surface area contributed by atoms with Crippen LogP contribution in [0.3, 0.4) is 0 Å². The summed E-state index contributed by atoms with van der Waals surface area (Å²) in [5.74, 6) is 0.694. The van der Waals surface area contributed by atoms with Gasteiger partial charge in [-0.05, 0) is 60.1 Å². The smallest absolute Gasteiger partial charge is 0.340 e. The summed E-state index contributed by atoms with van der Waals surface area (Å²) < 4.78 is 40.8. The number of hydrogen-bond acceptors (Lipinski definition) is 4. The topological polar surface area (TPSA) is 49.8 Å². The Bertz CT molecular complexity index is 1060. The average molecular weight is 441 g/mol. The minimum Gasteiger partial charge on any atom is -0.340 e. The molecular weight excluding hydrogens is 413 g/mol. The van der Waals surface area contributed by atoms with Crippen LogP contribution in [0.5, 0.6) is 0 Å². The van der Waals surface area contributed by atoms with Gasteiger partial charge >= 0.3 is 6.18 Å². The van der Waals surface area contributed by atoms with E-state index in [1.807, 2.05) is 42.5 Å². The van der Waals surface area contributed by atoms with Crippen LogP contribution in [0.1, 0.15) is 68.1 Å². The number of anilines is 4. The van der Waals surface area contributed by atoms with Crippen LogP contribution in [-0.4, -0.2) is 9.97 Å². The minimum absolute atomic E-state index is 0.102. The maximum atomic E-state index is 13.6. The van der Waals surface area contributed by atoms with Gasteiger partial charge in [-0.25, -0.2) is 4.98 Å². The van der Waals surface area contributed by atoms with Gasteiger partial charge < -0.3 is 10.6 Å². The fraction of sp³-hybridized carbons (Fsp3) is 0.360. The lowest BCUT2D eigenvalue weighted by atomic mass is 9.97. The van der Waals surface area contributed by atoms with Gasteiger partial charge in [0.05, 0.1) is 0 Å². The summed E-state index contributed by atoms with van der Waals surface area (Å²) >= 11 is 0. The van der Waals surface area contributed by atoms with Crippen molar-refractivity contribution in [3.8, 4) is 0 Å². The number of alkyl halides is 3. The highest BCUT2D eigenvalue weighted by molar-refractivity contribution is 5.63. The largest absolute Gasteiger partial charge is 0.421 e. The lowest BCUT2D eigenvalue weighted by molar-refractivity contribution is -0.137. The molecule has 0 spiro atoms. The second kappa shape index (κ2) is 9.18. The van der Waals surface area contributed by atoms with Gasteiger partial charge in [0.25, 0.3) is 0 Å². The van der Waals surface area contributed by atoms with Gasteiger partial charge in [0.1, 0.15) is 11.4 Å². The van der Waals surface area contributed by atoms with Crippen LogP contribution in [0.4, 0.5) is 36.3 Å². The van der Waals surface area contributed by atoms with Crippen molar-refractivity contribution >= 4 is 23.1 Å². The summed E-state index contributed by atoms with van der Waals surface area (Å²) in [5, 5.41) is 5.88. The molecule has 2 N–H and O–H groups in total. The standard InChI is InChI=1S/C25H27F3N4/c1-16(2)17-10-12-20(13-11-17)31-24-29-15-22(25(26,27)28)23(32-24)30-21-9-5-8-19(14-21)18-6-3-4-7-18/h5,8-16,18H,3-4,6-7H2,1-2H3,(H2,29,30,31,32). The van der Waals surface area contributed by atoms with E-state index in [4.69, 9.17) is 0 Å². The Hall–Kier alpha value is -3.09. The summed E-state index contributed by atoms with van der Waals surface area (Å²) in [5.41, 5.74) is 2.73. The molecule has 0 aliphatic heterocycles. The summed E-state index contributed by atoms with van der Waals surface area (Å²) in [6.07, 6.45) is 0.881. The number of halogens is 3. The van der Waals surface area contributed by atoms with Gasteiger partial charge in [0, 0.05) is 17.6 Å². The van der Waals surface area contributed by atoms with E-state index in [0.717, 1.165) is 24.6 Å². The van der Waals surface area contributed by atoms with E-state index in [0.29, 0.717) is 23.2 Å². The first-order valence-electron chi connectivity index (χ1n) is 11.0. The third kappa shape index (κ3) is 5.21. The molecule has 2 aromatic carbocycles. The maximum absolute atomic E-state index is 13.6. The van der Waals surface area contributed by atoms with E-state index in [1.54, 1.807) is 6.07 Å². The third-order valence-electron chi connectivity index (χ3n) is 5.90. The number of benzene rings is 2. The van der Waals surface area contributed by atoms with Crippen LogP contribution < -0.4 is 10.6 Å². The lowest BCUT2D eigenvalue weighted by Crippen LogP contribution is -2.12. The normalized spacial score (nSPS) is 14.7. The van der Waals surface area contributed by atoms with E-state index in [1.165, 1.54) is 18.4 Å². The highest BCUT2D eigenvalue weighted by atomic mass is 19.4. The Labute approximate surface area is 186 Å². The van der Waals surface area contributed by atoms with Crippen LogP contribution in [0, 0.1) is 0 Å². The average Bonchev–Trinajstić information content (AvgIpc) is 3.29. The molecule has 1 aromatic heterocycles. The fourth-order valence-electron chi connectivity index (χ4n) is 4.09. The van der Waals surface area contributed by atoms with Gasteiger partial charge in [0.15, 0.2) is 0 Å². The van der Waals surface area contributed by atoms with Crippen LogP contribution in [-0.2, 0) is 6.18 Å². The van der Waals surface area contributed by atoms with Gasteiger partial charge in [-0.3, -0.25) is 0 Å². The van der Waals surface area contributed by atoms with Crippen molar-refractivity contribution < 1.29 is 13.2 Å². The van der Waals surface area contributed by atoms with Gasteiger partial charge in [0.2, 0.25) is 5.95 Å². The molecule has 7 heteroatoms. The first-order valence-corrected chi connectivity index (χ1v) is 11.0. The zero-order valence-electron chi connectivity index (χ0n) is 18.2. The zero-order valence-corrected chi connectivity index (χ0v) is 18.2. The molecule has 0 saturated heterocycles. The molecule has 1 fully saturated rings. The summed E-state index contributed by atoms with van der Waals surface area (Å²) in [6.45, 7) is 4.20. The first kappa shape index (κ1) is 22.1. The number of nitrogens with zero attached hydrogens (tertiary/aromatic N) is 2. The number of rotatable bonds is 6.